The second-order valence-corrected chi connectivity index (χ2v) is 6.45. The fourth-order valence-electron chi connectivity index (χ4n) is 3.40. The van der Waals surface area contributed by atoms with Crippen molar-refractivity contribution in [1.82, 2.24) is 0 Å². The molecule has 2 N–H and O–H groups in total. The third-order valence-electron chi connectivity index (χ3n) is 5.13. The van der Waals surface area contributed by atoms with E-state index in [2.05, 4.69) is 20.8 Å². The highest BCUT2D eigenvalue weighted by molar-refractivity contribution is 4.99. The summed E-state index contributed by atoms with van der Waals surface area (Å²) in [5, 5.41) is 0. The van der Waals surface area contributed by atoms with Crippen LogP contribution in [0.3, 0.4) is 0 Å². The van der Waals surface area contributed by atoms with Gasteiger partial charge in [0.25, 0.3) is 0 Å². The van der Waals surface area contributed by atoms with Crippen molar-refractivity contribution in [1.29, 1.82) is 0 Å². The van der Waals surface area contributed by atoms with E-state index in [-0.39, 0.29) is 11.1 Å². The lowest BCUT2D eigenvalue weighted by atomic mass is 9.70. The standard InChI is InChI=1S/C14H27NO/c1-11(2)13(3,15)12-6-9-16-14(10-12)7-4-5-8-14/h11-12H,4-10,15H2,1-3H3. The molecule has 2 unspecified atom stereocenters. The highest BCUT2D eigenvalue weighted by Gasteiger charge is 2.45. The van der Waals surface area contributed by atoms with Crippen LogP contribution in [0.25, 0.3) is 0 Å². The van der Waals surface area contributed by atoms with Crippen LogP contribution in [0.5, 0.6) is 0 Å². The molecule has 1 aliphatic heterocycles. The van der Waals surface area contributed by atoms with Crippen LogP contribution < -0.4 is 5.73 Å². The molecule has 1 aliphatic carbocycles. The molecule has 2 fully saturated rings. The Hall–Kier alpha value is -0.0800. The molecule has 2 rings (SSSR count). The molecule has 2 aliphatic rings. The van der Waals surface area contributed by atoms with Crippen molar-refractivity contribution in [3.05, 3.63) is 0 Å². The van der Waals surface area contributed by atoms with Crippen molar-refractivity contribution in [2.75, 3.05) is 6.61 Å². The molecule has 0 radical (unpaired) electrons. The third kappa shape index (κ3) is 2.14. The van der Waals surface area contributed by atoms with Crippen LogP contribution in [0.4, 0.5) is 0 Å². The van der Waals surface area contributed by atoms with Gasteiger partial charge in [-0.25, -0.2) is 0 Å². The van der Waals surface area contributed by atoms with Crippen LogP contribution >= 0.6 is 0 Å². The molecule has 16 heavy (non-hydrogen) atoms. The van der Waals surface area contributed by atoms with Gasteiger partial charge in [0, 0.05) is 12.1 Å². The first-order valence-electron chi connectivity index (χ1n) is 6.89. The summed E-state index contributed by atoms with van der Waals surface area (Å²) in [6.07, 6.45) is 7.55. The van der Waals surface area contributed by atoms with Crippen molar-refractivity contribution < 1.29 is 4.74 Å². The molecule has 0 aromatic carbocycles. The predicted molar refractivity (Wildman–Crippen MR) is 67.3 cm³/mol. The minimum atomic E-state index is -0.0284. The summed E-state index contributed by atoms with van der Waals surface area (Å²) in [7, 11) is 0. The van der Waals surface area contributed by atoms with Crippen molar-refractivity contribution in [2.24, 2.45) is 17.6 Å². The lowest BCUT2D eigenvalue weighted by Crippen LogP contribution is -2.54. The largest absolute Gasteiger partial charge is 0.375 e. The van der Waals surface area contributed by atoms with E-state index in [1.165, 1.54) is 32.1 Å². The second kappa shape index (κ2) is 4.30. The number of hydrogen-bond donors (Lipinski definition) is 1. The lowest BCUT2D eigenvalue weighted by molar-refractivity contribution is -0.107. The predicted octanol–water partition coefficient (Wildman–Crippen LogP) is 3.10. The summed E-state index contributed by atoms with van der Waals surface area (Å²) in [5.74, 6) is 1.19. The highest BCUT2D eigenvalue weighted by atomic mass is 16.5. The molecular weight excluding hydrogens is 198 g/mol. The minimum Gasteiger partial charge on any atom is -0.375 e. The van der Waals surface area contributed by atoms with Gasteiger partial charge in [-0.05, 0) is 44.4 Å². The first-order chi connectivity index (χ1) is 7.46. The molecule has 0 aromatic rings. The van der Waals surface area contributed by atoms with Gasteiger partial charge in [0.1, 0.15) is 0 Å². The summed E-state index contributed by atoms with van der Waals surface area (Å²) >= 11 is 0. The number of hydrogen-bond acceptors (Lipinski definition) is 2. The van der Waals surface area contributed by atoms with Gasteiger partial charge in [0.05, 0.1) is 5.60 Å². The SMILES string of the molecule is CC(C)C(C)(N)C1CCOC2(CCCC2)C1. The van der Waals surface area contributed by atoms with Gasteiger partial charge in [-0.2, -0.15) is 0 Å². The zero-order valence-corrected chi connectivity index (χ0v) is 11.1. The summed E-state index contributed by atoms with van der Waals surface area (Å²) in [6, 6.07) is 0. The normalized spacial score (nSPS) is 33.2. The first-order valence-corrected chi connectivity index (χ1v) is 6.89. The van der Waals surface area contributed by atoms with Crippen LogP contribution in [-0.4, -0.2) is 17.7 Å². The average molecular weight is 225 g/mol. The van der Waals surface area contributed by atoms with Gasteiger partial charge in [-0.3, -0.25) is 0 Å². The highest BCUT2D eigenvalue weighted by Crippen LogP contribution is 2.45. The van der Waals surface area contributed by atoms with E-state index in [9.17, 15) is 0 Å². The number of rotatable bonds is 2. The Labute approximate surface area is 99.9 Å². The van der Waals surface area contributed by atoms with E-state index in [4.69, 9.17) is 10.5 Å². The molecule has 1 spiro atoms. The first kappa shape index (κ1) is 12.4. The van der Waals surface area contributed by atoms with Gasteiger partial charge in [0.2, 0.25) is 0 Å². The molecule has 0 amide bonds. The Morgan fingerprint density at radius 3 is 2.50 bits per heavy atom. The van der Waals surface area contributed by atoms with Crippen LogP contribution in [0.1, 0.15) is 59.3 Å². The zero-order chi connectivity index (χ0) is 11.8. The maximum Gasteiger partial charge on any atom is 0.0685 e. The van der Waals surface area contributed by atoms with Crippen molar-refractivity contribution in [2.45, 2.75) is 70.4 Å². The Balaban J connectivity index is 2.06. The van der Waals surface area contributed by atoms with Gasteiger partial charge >= 0.3 is 0 Å². The van der Waals surface area contributed by atoms with Crippen LogP contribution in [0, 0.1) is 11.8 Å². The van der Waals surface area contributed by atoms with Gasteiger partial charge in [-0.15, -0.1) is 0 Å². The maximum atomic E-state index is 6.53. The van der Waals surface area contributed by atoms with Crippen LogP contribution in [0.15, 0.2) is 0 Å². The fourth-order valence-corrected chi connectivity index (χ4v) is 3.40. The average Bonchev–Trinajstić information content (AvgIpc) is 2.66. The summed E-state index contributed by atoms with van der Waals surface area (Å²) in [4.78, 5) is 0. The van der Waals surface area contributed by atoms with Crippen LogP contribution in [-0.2, 0) is 4.74 Å². The molecule has 94 valence electrons. The third-order valence-corrected chi connectivity index (χ3v) is 5.13. The molecule has 0 bridgehead atoms. The smallest absolute Gasteiger partial charge is 0.0685 e. The molecule has 2 atom stereocenters. The van der Waals surface area contributed by atoms with Crippen LogP contribution in [0.2, 0.25) is 0 Å². The molecule has 1 saturated heterocycles. The quantitative estimate of drug-likeness (QED) is 0.783. The molecule has 1 heterocycles. The topological polar surface area (TPSA) is 35.2 Å². The van der Waals surface area contributed by atoms with Crippen molar-refractivity contribution >= 4 is 0 Å². The molecule has 1 saturated carbocycles. The van der Waals surface area contributed by atoms with E-state index in [1.54, 1.807) is 0 Å². The Kier molecular flexibility index (Phi) is 3.33. The van der Waals surface area contributed by atoms with Crippen molar-refractivity contribution in [3.8, 4) is 0 Å². The van der Waals surface area contributed by atoms with E-state index in [0.29, 0.717) is 11.8 Å². The van der Waals surface area contributed by atoms with Gasteiger partial charge in [0.15, 0.2) is 0 Å². The summed E-state index contributed by atoms with van der Waals surface area (Å²) in [6.45, 7) is 7.65. The van der Waals surface area contributed by atoms with E-state index >= 15 is 0 Å². The number of ether oxygens (including phenoxy) is 1. The minimum absolute atomic E-state index is 0.0284. The Morgan fingerprint density at radius 1 is 1.31 bits per heavy atom. The molecule has 0 aromatic heterocycles. The summed E-state index contributed by atoms with van der Waals surface area (Å²) < 4.78 is 6.08. The zero-order valence-electron chi connectivity index (χ0n) is 11.1. The molecule has 2 heteroatoms. The van der Waals surface area contributed by atoms with Gasteiger partial charge in [-0.1, -0.05) is 26.7 Å². The van der Waals surface area contributed by atoms with Crippen molar-refractivity contribution in [3.63, 3.8) is 0 Å². The van der Waals surface area contributed by atoms with E-state index < -0.39 is 0 Å². The number of nitrogens with two attached hydrogens (primary N) is 1. The second-order valence-electron chi connectivity index (χ2n) is 6.45. The fraction of sp³-hybridized carbons (Fsp3) is 1.00. The lowest BCUT2D eigenvalue weighted by Gasteiger charge is -2.46. The van der Waals surface area contributed by atoms with E-state index in [0.717, 1.165) is 13.0 Å². The monoisotopic (exact) mass is 225 g/mol. The van der Waals surface area contributed by atoms with Gasteiger partial charge < -0.3 is 10.5 Å². The Bertz CT molecular complexity index is 241. The maximum absolute atomic E-state index is 6.53. The van der Waals surface area contributed by atoms with E-state index in [1.807, 2.05) is 0 Å². The Morgan fingerprint density at radius 2 is 1.94 bits per heavy atom. The molecular formula is C14H27NO. The summed E-state index contributed by atoms with van der Waals surface area (Å²) in [5.41, 5.74) is 6.71. The molecule has 2 nitrogen and oxygen atoms in total.